The first-order chi connectivity index (χ1) is 8.19. The summed E-state index contributed by atoms with van der Waals surface area (Å²) in [7, 11) is 0. The Balaban J connectivity index is 1.81. The first-order valence-corrected chi connectivity index (χ1v) is 7.27. The van der Waals surface area contributed by atoms with E-state index in [0.717, 1.165) is 19.6 Å². The van der Waals surface area contributed by atoms with Crippen molar-refractivity contribution in [1.29, 1.82) is 0 Å². The highest BCUT2D eigenvalue weighted by molar-refractivity contribution is 7.12. The molecule has 1 aromatic rings. The van der Waals surface area contributed by atoms with Crippen LogP contribution in [0.2, 0.25) is 0 Å². The lowest BCUT2D eigenvalue weighted by Crippen LogP contribution is -2.47. The van der Waals surface area contributed by atoms with Crippen LogP contribution in [0, 0.1) is 6.92 Å². The second kappa shape index (κ2) is 5.96. The van der Waals surface area contributed by atoms with Gasteiger partial charge in [0, 0.05) is 42.5 Å². The van der Waals surface area contributed by atoms with Gasteiger partial charge in [0.25, 0.3) is 0 Å². The van der Waals surface area contributed by atoms with Crippen LogP contribution in [0.25, 0.3) is 0 Å². The predicted molar refractivity (Wildman–Crippen MR) is 74.5 cm³/mol. The molecule has 1 atom stereocenters. The van der Waals surface area contributed by atoms with Crippen molar-refractivity contribution in [3.63, 3.8) is 0 Å². The monoisotopic (exact) mass is 253 g/mol. The lowest BCUT2D eigenvalue weighted by atomic mass is 10.2. The van der Waals surface area contributed by atoms with Crippen molar-refractivity contribution in [1.82, 2.24) is 9.80 Å². The van der Waals surface area contributed by atoms with Crippen molar-refractivity contribution >= 4 is 11.3 Å². The summed E-state index contributed by atoms with van der Waals surface area (Å²) in [6, 6.07) is 4.52. The molecule has 4 heteroatoms. The first kappa shape index (κ1) is 13.0. The van der Waals surface area contributed by atoms with Gasteiger partial charge in [0.15, 0.2) is 0 Å². The van der Waals surface area contributed by atoms with Crippen molar-refractivity contribution in [3.05, 3.63) is 21.9 Å². The minimum atomic E-state index is 0.182. The Morgan fingerprint density at radius 3 is 2.41 bits per heavy atom. The summed E-state index contributed by atoms with van der Waals surface area (Å²) >= 11 is 1.83. The molecule has 3 nitrogen and oxygen atoms in total. The molecule has 0 saturated carbocycles. The number of rotatable bonds is 4. The number of nitrogens with two attached hydrogens (primary N) is 1. The maximum atomic E-state index is 6.26. The van der Waals surface area contributed by atoms with Gasteiger partial charge in [-0.3, -0.25) is 4.90 Å². The smallest absolute Gasteiger partial charge is 0.0519 e. The van der Waals surface area contributed by atoms with Crippen LogP contribution in [-0.4, -0.2) is 49.1 Å². The van der Waals surface area contributed by atoms with Crippen LogP contribution in [0.15, 0.2) is 12.1 Å². The van der Waals surface area contributed by atoms with Crippen molar-refractivity contribution in [2.24, 2.45) is 5.73 Å². The van der Waals surface area contributed by atoms with Gasteiger partial charge in [-0.2, -0.15) is 0 Å². The largest absolute Gasteiger partial charge is 0.322 e. The fourth-order valence-electron chi connectivity index (χ4n) is 2.31. The summed E-state index contributed by atoms with van der Waals surface area (Å²) in [5.41, 5.74) is 6.26. The molecule has 2 rings (SSSR count). The van der Waals surface area contributed by atoms with Crippen molar-refractivity contribution in [2.45, 2.75) is 19.9 Å². The molecule has 0 amide bonds. The summed E-state index contributed by atoms with van der Waals surface area (Å²) in [5.74, 6) is 0. The van der Waals surface area contributed by atoms with Crippen LogP contribution in [0.5, 0.6) is 0 Å². The van der Waals surface area contributed by atoms with Crippen LogP contribution in [0.1, 0.15) is 22.7 Å². The van der Waals surface area contributed by atoms with E-state index in [4.69, 9.17) is 5.73 Å². The van der Waals surface area contributed by atoms with Gasteiger partial charge in [-0.1, -0.05) is 6.92 Å². The Kier molecular flexibility index (Phi) is 4.56. The van der Waals surface area contributed by atoms with E-state index in [1.807, 2.05) is 11.3 Å². The maximum absolute atomic E-state index is 6.26. The van der Waals surface area contributed by atoms with Crippen molar-refractivity contribution in [3.8, 4) is 0 Å². The molecule has 0 aliphatic carbocycles. The maximum Gasteiger partial charge on any atom is 0.0519 e. The molecule has 96 valence electrons. The number of piperazine rings is 1. The van der Waals surface area contributed by atoms with Gasteiger partial charge in [0.1, 0.15) is 0 Å². The molecule has 1 aliphatic heterocycles. The molecule has 2 heterocycles. The van der Waals surface area contributed by atoms with E-state index in [0.29, 0.717) is 0 Å². The summed E-state index contributed by atoms with van der Waals surface area (Å²) in [6.07, 6.45) is 0. The number of hydrogen-bond acceptors (Lipinski definition) is 4. The molecule has 2 N–H and O–H groups in total. The van der Waals surface area contributed by atoms with Gasteiger partial charge in [-0.05, 0) is 25.6 Å². The lowest BCUT2D eigenvalue weighted by molar-refractivity contribution is 0.132. The first-order valence-electron chi connectivity index (χ1n) is 6.45. The van der Waals surface area contributed by atoms with Crippen LogP contribution < -0.4 is 5.73 Å². The van der Waals surface area contributed by atoms with E-state index in [1.54, 1.807) is 0 Å². The second-order valence-electron chi connectivity index (χ2n) is 4.79. The van der Waals surface area contributed by atoms with Crippen LogP contribution in [0.4, 0.5) is 0 Å². The minimum absolute atomic E-state index is 0.182. The zero-order valence-corrected chi connectivity index (χ0v) is 11.7. The molecular formula is C13H23N3S. The van der Waals surface area contributed by atoms with Gasteiger partial charge in [0.05, 0.1) is 6.04 Å². The SMILES string of the molecule is CCN1CCN(CC(N)c2ccc(C)s2)CC1. The zero-order chi connectivity index (χ0) is 12.3. The fourth-order valence-corrected chi connectivity index (χ4v) is 3.18. The standard InChI is InChI=1S/C13H23N3S/c1-3-15-6-8-16(9-7-15)10-12(14)13-5-4-11(2)17-13/h4-5,12H,3,6-10,14H2,1-2H3. The molecule has 1 aliphatic rings. The number of nitrogens with zero attached hydrogens (tertiary/aromatic N) is 2. The van der Waals surface area contributed by atoms with Gasteiger partial charge in [0.2, 0.25) is 0 Å². The van der Waals surface area contributed by atoms with Gasteiger partial charge in [-0.25, -0.2) is 0 Å². The summed E-state index contributed by atoms with van der Waals surface area (Å²) < 4.78 is 0. The molecule has 17 heavy (non-hydrogen) atoms. The molecule has 1 saturated heterocycles. The van der Waals surface area contributed by atoms with E-state index in [-0.39, 0.29) is 6.04 Å². The molecule has 1 aromatic heterocycles. The van der Waals surface area contributed by atoms with E-state index in [9.17, 15) is 0 Å². The molecule has 0 spiro atoms. The summed E-state index contributed by atoms with van der Waals surface area (Å²) in [5, 5.41) is 0. The van der Waals surface area contributed by atoms with E-state index in [1.165, 1.54) is 29.4 Å². The van der Waals surface area contributed by atoms with Crippen LogP contribution in [0.3, 0.4) is 0 Å². The highest BCUT2D eigenvalue weighted by atomic mass is 32.1. The number of thiophene rings is 1. The van der Waals surface area contributed by atoms with E-state index in [2.05, 4.69) is 35.8 Å². The zero-order valence-electron chi connectivity index (χ0n) is 10.9. The minimum Gasteiger partial charge on any atom is -0.322 e. The summed E-state index contributed by atoms with van der Waals surface area (Å²) in [6.45, 7) is 11.2. The molecule has 0 bridgehead atoms. The normalized spacial score (nSPS) is 20.6. The highest BCUT2D eigenvalue weighted by Crippen LogP contribution is 2.22. The van der Waals surface area contributed by atoms with Gasteiger partial charge >= 0.3 is 0 Å². The fraction of sp³-hybridized carbons (Fsp3) is 0.692. The second-order valence-corrected chi connectivity index (χ2v) is 6.11. The lowest BCUT2D eigenvalue weighted by Gasteiger charge is -2.35. The molecular weight excluding hydrogens is 230 g/mol. The molecule has 0 radical (unpaired) electrons. The third-order valence-corrected chi connectivity index (χ3v) is 4.63. The third kappa shape index (κ3) is 3.52. The van der Waals surface area contributed by atoms with E-state index >= 15 is 0 Å². The molecule has 0 aromatic carbocycles. The quantitative estimate of drug-likeness (QED) is 0.886. The Hall–Kier alpha value is -0.420. The van der Waals surface area contributed by atoms with Crippen LogP contribution >= 0.6 is 11.3 Å². The van der Waals surface area contributed by atoms with Gasteiger partial charge in [-0.15, -0.1) is 11.3 Å². The average Bonchev–Trinajstić information content (AvgIpc) is 2.77. The Morgan fingerprint density at radius 2 is 1.88 bits per heavy atom. The van der Waals surface area contributed by atoms with Gasteiger partial charge < -0.3 is 10.6 Å². The Bertz CT molecular complexity index is 342. The number of hydrogen-bond donors (Lipinski definition) is 1. The molecule has 1 fully saturated rings. The Morgan fingerprint density at radius 1 is 1.24 bits per heavy atom. The Labute approximate surface area is 108 Å². The molecule has 1 unspecified atom stereocenters. The van der Waals surface area contributed by atoms with Crippen molar-refractivity contribution in [2.75, 3.05) is 39.3 Å². The van der Waals surface area contributed by atoms with Crippen molar-refractivity contribution < 1.29 is 0 Å². The third-order valence-electron chi connectivity index (χ3n) is 3.49. The topological polar surface area (TPSA) is 32.5 Å². The number of aryl methyl sites for hydroxylation is 1. The highest BCUT2D eigenvalue weighted by Gasteiger charge is 2.18. The summed E-state index contributed by atoms with van der Waals surface area (Å²) in [4.78, 5) is 7.66. The average molecular weight is 253 g/mol. The van der Waals surface area contributed by atoms with Crippen LogP contribution in [-0.2, 0) is 0 Å². The van der Waals surface area contributed by atoms with E-state index < -0.39 is 0 Å². The predicted octanol–water partition coefficient (Wildman–Crippen LogP) is 1.69. The number of likely N-dealkylation sites (N-methyl/N-ethyl adjacent to an activating group) is 1.